The van der Waals surface area contributed by atoms with Crippen molar-refractivity contribution in [2.45, 2.75) is 45.1 Å². The highest BCUT2D eigenvalue weighted by Crippen LogP contribution is 2.44. The van der Waals surface area contributed by atoms with Crippen LogP contribution in [0.2, 0.25) is 0 Å². The van der Waals surface area contributed by atoms with E-state index in [1.807, 2.05) is 18.2 Å². The van der Waals surface area contributed by atoms with E-state index in [0.29, 0.717) is 34.8 Å². The zero-order valence-corrected chi connectivity index (χ0v) is 17.0. The van der Waals surface area contributed by atoms with Gasteiger partial charge < -0.3 is 9.47 Å². The Kier molecular flexibility index (Phi) is 4.93. The van der Waals surface area contributed by atoms with Crippen LogP contribution in [0.3, 0.4) is 0 Å². The average molecular weight is 406 g/mol. The fraction of sp³-hybridized carbons (Fsp3) is 0.308. The third-order valence-electron chi connectivity index (χ3n) is 6.30. The molecule has 3 aromatic carbocycles. The van der Waals surface area contributed by atoms with Crippen LogP contribution in [0.4, 0.5) is 8.78 Å². The molecule has 1 fully saturated rings. The second-order valence-corrected chi connectivity index (χ2v) is 8.03. The Labute approximate surface area is 175 Å². The maximum absolute atomic E-state index is 15.4. The van der Waals surface area contributed by atoms with Gasteiger partial charge in [0.05, 0.1) is 6.61 Å². The molecule has 0 unspecified atom stereocenters. The lowest BCUT2D eigenvalue weighted by atomic mass is 9.91. The third-order valence-corrected chi connectivity index (χ3v) is 6.30. The van der Waals surface area contributed by atoms with Gasteiger partial charge in [0, 0.05) is 16.7 Å². The first-order valence-corrected chi connectivity index (χ1v) is 10.7. The summed E-state index contributed by atoms with van der Waals surface area (Å²) in [7, 11) is 0. The highest BCUT2D eigenvalue weighted by atomic mass is 19.1. The Morgan fingerprint density at radius 1 is 0.867 bits per heavy atom. The molecule has 3 aromatic rings. The van der Waals surface area contributed by atoms with Gasteiger partial charge in [0.1, 0.15) is 12.4 Å². The van der Waals surface area contributed by atoms with Crippen LogP contribution >= 0.6 is 0 Å². The molecule has 30 heavy (non-hydrogen) atoms. The largest absolute Gasteiger partial charge is 0.491 e. The molecule has 2 nitrogen and oxygen atoms in total. The SMILES string of the molecule is CCOc1ccc2c(c1F)OCc1c-2ccc(-c2ccc(C3CCCC3)cc2)c1F. The zero-order chi connectivity index (χ0) is 20.7. The predicted molar refractivity (Wildman–Crippen MR) is 114 cm³/mol. The van der Waals surface area contributed by atoms with Gasteiger partial charge in [-0.1, -0.05) is 49.2 Å². The zero-order valence-electron chi connectivity index (χ0n) is 17.0. The molecule has 4 heteroatoms. The topological polar surface area (TPSA) is 18.5 Å². The second-order valence-electron chi connectivity index (χ2n) is 8.03. The van der Waals surface area contributed by atoms with Crippen LogP contribution in [0.15, 0.2) is 48.5 Å². The second kappa shape index (κ2) is 7.75. The highest BCUT2D eigenvalue weighted by molar-refractivity contribution is 5.80. The normalized spacial score (nSPS) is 15.4. The molecule has 1 aliphatic heterocycles. The van der Waals surface area contributed by atoms with E-state index in [-0.39, 0.29) is 23.9 Å². The number of benzene rings is 3. The Bertz CT molecular complexity index is 1080. The van der Waals surface area contributed by atoms with Crippen molar-refractivity contribution < 1.29 is 18.3 Å². The Hall–Kier alpha value is -2.88. The lowest BCUT2D eigenvalue weighted by molar-refractivity contribution is 0.267. The maximum Gasteiger partial charge on any atom is 0.207 e. The van der Waals surface area contributed by atoms with Crippen molar-refractivity contribution in [2.75, 3.05) is 6.61 Å². The molecule has 0 spiro atoms. The van der Waals surface area contributed by atoms with E-state index in [1.165, 1.54) is 31.2 Å². The molecule has 1 saturated carbocycles. The van der Waals surface area contributed by atoms with Crippen LogP contribution in [-0.2, 0) is 6.61 Å². The predicted octanol–water partition coefficient (Wildman–Crippen LogP) is 7.25. The van der Waals surface area contributed by atoms with Gasteiger partial charge in [-0.25, -0.2) is 4.39 Å². The van der Waals surface area contributed by atoms with Gasteiger partial charge in [-0.15, -0.1) is 0 Å². The first kappa shape index (κ1) is 19.1. The number of hydrogen-bond donors (Lipinski definition) is 0. The van der Waals surface area contributed by atoms with Gasteiger partial charge in [-0.05, 0) is 54.5 Å². The average Bonchev–Trinajstić information content (AvgIpc) is 3.31. The third kappa shape index (κ3) is 3.15. The van der Waals surface area contributed by atoms with Crippen molar-refractivity contribution in [3.05, 3.63) is 71.3 Å². The van der Waals surface area contributed by atoms with E-state index in [2.05, 4.69) is 12.1 Å². The van der Waals surface area contributed by atoms with E-state index in [0.717, 1.165) is 5.56 Å². The molecule has 154 valence electrons. The molecule has 0 N–H and O–H groups in total. The maximum atomic E-state index is 15.4. The van der Waals surface area contributed by atoms with E-state index in [1.54, 1.807) is 25.1 Å². The Balaban J connectivity index is 1.51. The van der Waals surface area contributed by atoms with Crippen molar-refractivity contribution >= 4 is 0 Å². The number of fused-ring (bicyclic) bond motifs is 3. The molecule has 0 atom stereocenters. The standard InChI is InChI=1S/C26H24F2O2/c1-2-29-23-14-13-21-20-12-11-19(24(27)22(20)15-30-26(21)25(23)28)18-9-7-17(8-10-18)16-5-3-4-6-16/h7-14,16H,2-6,15H2,1H3. The van der Waals surface area contributed by atoms with Crippen LogP contribution in [0.25, 0.3) is 22.3 Å². The summed E-state index contributed by atoms with van der Waals surface area (Å²) in [5.41, 5.74) is 4.42. The van der Waals surface area contributed by atoms with Crippen molar-refractivity contribution in [3.63, 3.8) is 0 Å². The van der Waals surface area contributed by atoms with Crippen LogP contribution in [-0.4, -0.2) is 6.61 Å². The molecular weight excluding hydrogens is 382 g/mol. The van der Waals surface area contributed by atoms with Crippen LogP contribution in [0.1, 0.15) is 49.7 Å². The summed E-state index contributed by atoms with van der Waals surface area (Å²) in [6.07, 6.45) is 5.07. The van der Waals surface area contributed by atoms with E-state index >= 15 is 4.39 Å². The van der Waals surface area contributed by atoms with Crippen molar-refractivity contribution in [3.8, 4) is 33.8 Å². The summed E-state index contributed by atoms with van der Waals surface area (Å²) < 4.78 is 41.1. The molecule has 1 heterocycles. The highest BCUT2D eigenvalue weighted by Gasteiger charge is 2.27. The molecule has 2 aliphatic rings. The molecule has 5 rings (SSSR count). The van der Waals surface area contributed by atoms with Crippen LogP contribution in [0, 0.1) is 11.6 Å². The fourth-order valence-corrected chi connectivity index (χ4v) is 4.73. The monoisotopic (exact) mass is 406 g/mol. The minimum Gasteiger partial charge on any atom is -0.491 e. The Morgan fingerprint density at radius 2 is 1.57 bits per heavy atom. The summed E-state index contributed by atoms with van der Waals surface area (Å²) in [5.74, 6) is 0.0718. The Morgan fingerprint density at radius 3 is 2.30 bits per heavy atom. The van der Waals surface area contributed by atoms with Gasteiger partial charge >= 0.3 is 0 Å². The van der Waals surface area contributed by atoms with Gasteiger partial charge in [0.15, 0.2) is 11.5 Å². The van der Waals surface area contributed by atoms with Gasteiger partial charge in [0.2, 0.25) is 5.82 Å². The number of rotatable bonds is 4. The van der Waals surface area contributed by atoms with Gasteiger partial charge in [-0.2, -0.15) is 4.39 Å². The van der Waals surface area contributed by atoms with Crippen LogP contribution in [0.5, 0.6) is 11.5 Å². The van der Waals surface area contributed by atoms with Crippen molar-refractivity contribution in [1.82, 2.24) is 0 Å². The summed E-state index contributed by atoms with van der Waals surface area (Å²) >= 11 is 0. The summed E-state index contributed by atoms with van der Waals surface area (Å²) in [4.78, 5) is 0. The lowest BCUT2D eigenvalue weighted by Gasteiger charge is -2.23. The number of hydrogen-bond acceptors (Lipinski definition) is 2. The molecule has 0 saturated heterocycles. The van der Waals surface area contributed by atoms with Gasteiger partial charge in [-0.3, -0.25) is 0 Å². The number of ether oxygens (including phenoxy) is 2. The quantitative estimate of drug-likeness (QED) is 0.454. The smallest absolute Gasteiger partial charge is 0.207 e. The number of halogens is 2. The van der Waals surface area contributed by atoms with Crippen molar-refractivity contribution in [2.24, 2.45) is 0 Å². The molecule has 0 radical (unpaired) electrons. The molecular formula is C26H24F2O2. The first-order chi connectivity index (χ1) is 14.7. The lowest BCUT2D eigenvalue weighted by Crippen LogP contribution is -2.11. The van der Waals surface area contributed by atoms with E-state index in [9.17, 15) is 4.39 Å². The fourth-order valence-electron chi connectivity index (χ4n) is 4.73. The summed E-state index contributed by atoms with van der Waals surface area (Å²) in [5, 5.41) is 0. The van der Waals surface area contributed by atoms with E-state index < -0.39 is 5.82 Å². The molecule has 0 amide bonds. The minimum atomic E-state index is -0.535. The first-order valence-electron chi connectivity index (χ1n) is 10.7. The van der Waals surface area contributed by atoms with Crippen molar-refractivity contribution in [1.29, 1.82) is 0 Å². The minimum absolute atomic E-state index is 0.00529. The molecule has 0 bridgehead atoms. The molecule has 0 aromatic heterocycles. The summed E-state index contributed by atoms with van der Waals surface area (Å²) in [6, 6.07) is 15.2. The van der Waals surface area contributed by atoms with Crippen LogP contribution < -0.4 is 9.47 Å². The summed E-state index contributed by atoms with van der Waals surface area (Å²) in [6.45, 7) is 2.16. The van der Waals surface area contributed by atoms with E-state index in [4.69, 9.17) is 9.47 Å². The van der Waals surface area contributed by atoms with Gasteiger partial charge in [0.25, 0.3) is 0 Å². The molecule has 1 aliphatic carbocycles.